The highest BCUT2D eigenvalue weighted by Gasteiger charge is 2.36. The zero-order valence-corrected chi connectivity index (χ0v) is 14.7. The number of anilines is 1. The molecule has 0 saturated heterocycles. The number of carboxylic acid groups (broad SMARTS) is 1. The number of nitrogens with zero attached hydrogens (tertiary/aromatic N) is 1. The molecule has 0 atom stereocenters. The lowest BCUT2D eigenvalue weighted by atomic mass is 10.1. The molecule has 8 nitrogen and oxygen atoms in total. The van der Waals surface area contributed by atoms with E-state index < -0.39 is 17.3 Å². The van der Waals surface area contributed by atoms with Crippen molar-refractivity contribution in [2.24, 2.45) is 0 Å². The van der Waals surface area contributed by atoms with Gasteiger partial charge in [-0.15, -0.1) is 0 Å². The number of allylic oxidation sites excluding steroid dienone is 1. The lowest BCUT2D eigenvalue weighted by Crippen LogP contribution is -2.12. The van der Waals surface area contributed by atoms with Crippen molar-refractivity contribution in [3.8, 4) is 5.75 Å². The number of carboxylic acids is 1. The van der Waals surface area contributed by atoms with E-state index in [-0.39, 0.29) is 11.6 Å². The zero-order chi connectivity index (χ0) is 19.7. The molecule has 0 radical (unpaired) electrons. The van der Waals surface area contributed by atoms with Crippen molar-refractivity contribution in [1.82, 2.24) is 9.97 Å². The van der Waals surface area contributed by atoms with Gasteiger partial charge in [0.25, 0.3) is 0 Å². The monoisotopic (exact) mass is 377 g/mol. The van der Waals surface area contributed by atoms with Gasteiger partial charge in [-0.2, -0.15) is 0 Å². The fraction of sp³-hybridized carbons (Fsp3) is 0.0500. The molecule has 0 fully saturated rings. The number of benzene rings is 1. The molecule has 0 amide bonds. The minimum absolute atomic E-state index is 0.0976. The number of rotatable bonds is 5. The number of hydrogen-bond acceptors (Lipinski definition) is 6. The van der Waals surface area contributed by atoms with Crippen molar-refractivity contribution in [3.05, 3.63) is 71.6 Å². The van der Waals surface area contributed by atoms with E-state index in [2.05, 4.69) is 15.3 Å². The van der Waals surface area contributed by atoms with Gasteiger partial charge in [-0.1, -0.05) is 12.1 Å². The first-order valence-corrected chi connectivity index (χ1v) is 8.32. The highest BCUT2D eigenvalue weighted by atomic mass is 16.5. The lowest BCUT2D eigenvalue weighted by molar-refractivity contribution is -0.134. The molecule has 0 bridgehead atoms. The molecular formula is C20H15N3O5. The van der Waals surface area contributed by atoms with Gasteiger partial charge in [0.05, 0.1) is 12.8 Å². The average molecular weight is 377 g/mol. The fourth-order valence-electron chi connectivity index (χ4n) is 2.92. The molecule has 28 heavy (non-hydrogen) atoms. The van der Waals surface area contributed by atoms with Crippen molar-refractivity contribution >= 4 is 34.5 Å². The molecule has 8 heteroatoms. The van der Waals surface area contributed by atoms with Gasteiger partial charge in [0.2, 0.25) is 11.7 Å². The number of carbonyl (C=O) groups is 2. The fourth-order valence-corrected chi connectivity index (χ4v) is 2.92. The Kier molecular flexibility index (Phi) is 4.29. The third-order valence-electron chi connectivity index (χ3n) is 4.23. The summed E-state index contributed by atoms with van der Waals surface area (Å²) in [7, 11) is 1.49. The molecule has 3 N–H and O–H groups in total. The van der Waals surface area contributed by atoms with E-state index in [1.54, 1.807) is 42.7 Å². The van der Waals surface area contributed by atoms with Crippen LogP contribution in [0, 0.1) is 0 Å². The Morgan fingerprint density at radius 2 is 2.11 bits per heavy atom. The summed E-state index contributed by atoms with van der Waals surface area (Å²) in [5.74, 6) is -1.88. The van der Waals surface area contributed by atoms with E-state index in [4.69, 9.17) is 9.47 Å². The SMILES string of the molecule is COc1ccccc1NC1=C(C(=O)O)C(=O)C(=Cc2c[nH]c3ncccc23)O1. The normalized spacial score (nSPS) is 15.2. The van der Waals surface area contributed by atoms with E-state index >= 15 is 0 Å². The third kappa shape index (κ3) is 2.96. The van der Waals surface area contributed by atoms with Crippen LogP contribution >= 0.6 is 0 Å². The summed E-state index contributed by atoms with van der Waals surface area (Å²) in [4.78, 5) is 31.5. The number of aromatic nitrogens is 2. The number of ether oxygens (including phenoxy) is 2. The number of H-pyrrole nitrogens is 1. The summed E-state index contributed by atoms with van der Waals surface area (Å²) < 4.78 is 10.8. The van der Waals surface area contributed by atoms with E-state index in [1.807, 2.05) is 6.07 Å². The van der Waals surface area contributed by atoms with Crippen LogP contribution in [0.4, 0.5) is 5.69 Å². The Bertz CT molecular complexity index is 1160. The second kappa shape index (κ2) is 6.92. The summed E-state index contributed by atoms with van der Waals surface area (Å²) in [6.07, 6.45) is 4.81. The number of nitrogens with one attached hydrogen (secondary N) is 2. The van der Waals surface area contributed by atoms with Crippen LogP contribution in [-0.2, 0) is 14.3 Å². The summed E-state index contributed by atoms with van der Waals surface area (Å²) in [6.45, 7) is 0. The number of methoxy groups -OCH3 is 1. The Morgan fingerprint density at radius 3 is 2.89 bits per heavy atom. The standard InChI is InChI=1S/C20H15N3O5/c1-27-14-7-3-2-6-13(14)23-19-16(20(25)26)17(24)15(28-19)9-11-10-22-18-12(11)5-4-8-21-18/h2-10,23H,1H3,(H,21,22)(H,25,26). The topological polar surface area (TPSA) is 114 Å². The first-order valence-electron chi connectivity index (χ1n) is 8.32. The van der Waals surface area contributed by atoms with Gasteiger partial charge in [0.1, 0.15) is 11.4 Å². The van der Waals surface area contributed by atoms with Gasteiger partial charge in [0, 0.05) is 23.3 Å². The van der Waals surface area contributed by atoms with Crippen LogP contribution in [0.5, 0.6) is 5.75 Å². The van der Waals surface area contributed by atoms with E-state index in [9.17, 15) is 14.7 Å². The summed E-state index contributed by atoms with van der Waals surface area (Å²) in [6, 6.07) is 10.5. The largest absolute Gasteiger partial charge is 0.495 e. The van der Waals surface area contributed by atoms with Crippen LogP contribution in [0.15, 0.2) is 66.0 Å². The smallest absolute Gasteiger partial charge is 0.345 e. The molecule has 0 unspecified atom stereocenters. The van der Waals surface area contributed by atoms with Gasteiger partial charge >= 0.3 is 5.97 Å². The van der Waals surface area contributed by atoms with Crippen molar-refractivity contribution in [2.45, 2.75) is 0 Å². The van der Waals surface area contributed by atoms with Gasteiger partial charge in [-0.25, -0.2) is 9.78 Å². The Hall–Kier alpha value is -4.07. The number of para-hydroxylation sites is 2. The molecule has 3 heterocycles. The molecule has 0 aliphatic carbocycles. The Labute approximate surface area is 159 Å². The molecular weight excluding hydrogens is 362 g/mol. The number of ketones is 1. The predicted molar refractivity (Wildman–Crippen MR) is 101 cm³/mol. The molecule has 0 saturated carbocycles. The van der Waals surface area contributed by atoms with E-state index in [1.165, 1.54) is 13.2 Å². The van der Waals surface area contributed by atoms with E-state index in [0.717, 1.165) is 5.39 Å². The highest BCUT2D eigenvalue weighted by Crippen LogP contribution is 2.32. The van der Waals surface area contributed by atoms with Crippen molar-refractivity contribution < 1.29 is 24.2 Å². The minimum atomic E-state index is -1.38. The lowest BCUT2D eigenvalue weighted by Gasteiger charge is -2.11. The Balaban J connectivity index is 1.71. The first kappa shape index (κ1) is 17.3. The van der Waals surface area contributed by atoms with Crippen LogP contribution < -0.4 is 10.1 Å². The van der Waals surface area contributed by atoms with Gasteiger partial charge in [-0.3, -0.25) is 4.79 Å². The van der Waals surface area contributed by atoms with Gasteiger partial charge in [-0.05, 0) is 30.3 Å². The van der Waals surface area contributed by atoms with E-state index in [0.29, 0.717) is 22.6 Å². The first-order chi connectivity index (χ1) is 13.6. The van der Waals surface area contributed by atoms with Crippen LogP contribution in [0.2, 0.25) is 0 Å². The zero-order valence-electron chi connectivity index (χ0n) is 14.7. The summed E-state index contributed by atoms with van der Waals surface area (Å²) in [5, 5.41) is 13.1. The number of pyridine rings is 1. The quantitative estimate of drug-likeness (QED) is 0.463. The van der Waals surface area contributed by atoms with Crippen LogP contribution in [0.3, 0.4) is 0 Å². The number of Topliss-reactive ketones (excluding diaryl/α,β-unsaturated/α-hetero) is 1. The number of carbonyl (C=O) groups excluding carboxylic acids is 1. The highest BCUT2D eigenvalue weighted by molar-refractivity contribution is 6.26. The number of hydrogen-bond donors (Lipinski definition) is 3. The van der Waals surface area contributed by atoms with Crippen LogP contribution in [0.1, 0.15) is 5.56 Å². The maximum Gasteiger partial charge on any atom is 0.345 e. The summed E-state index contributed by atoms with van der Waals surface area (Å²) >= 11 is 0. The van der Waals surface area contributed by atoms with Crippen molar-refractivity contribution in [2.75, 3.05) is 12.4 Å². The summed E-state index contributed by atoms with van der Waals surface area (Å²) in [5.41, 5.74) is 1.31. The molecule has 0 spiro atoms. The molecule has 1 aromatic carbocycles. The number of aromatic amines is 1. The van der Waals surface area contributed by atoms with Crippen LogP contribution in [0.25, 0.3) is 17.1 Å². The predicted octanol–water partition coefficient (Wildman–Crippen LogP) is 2.92. The molecule has 1 aliphatic rings. The van der Waals surface area contributed by atoms with Crippen molar-refractivity contribution in [3.63, 3.8) is 0 Å². The van der Waals surface area contributed by atoms with Gasteiger partial charge < -0.3 is 24.9 Å². The minimum Gasteiger partial charge on any atom is -0.495 e. The van der Waals surface area contributed by atoms with Crippen molar-refractivity contribution in [1.29, 1.82) is 0 Å². The maximum atomic E-state index is 12.6. The molecule has 140 valence electrons. The van der Waals surface area contributed by atoms with Gasteiger partial charge in [0.15, 0.2) is 11.3 Å². The van der Waals surface area contributed by atoms with Crippen LogP contribution in [-0.4, -0.2) is 33.9 Å². The molecule has 2 aromatic heterocycles. The number of fused-ring (bicyclic) bond motifs is 1. The second-order valence-corrected chi connectivity index (χ2v) is 5.92. The number of aliphatic carboxylic acids is 1. The second-order valence-electron chi connectivity index (χ2n) is 5.92. The third-order valence-corrected chi connectivity index (χ3v) is 4.23. The average Bonchev–Trinajstić information content (AvgIpc) is 3.24. The molecule has 1 aliphatic heterocycles. The molecule has 3 aromatic rings. The Morgan fingerprint density at radius 1 is 1.29 bits per heavy atom. The maximum absolute atomic E-state index is 12.6. The molecule has 4 rings (SSSR count).